The van der Waals surface area contributed by atoms with E-state index < -0.39 is 0 Å². The van der Waals surface area contributed by atoms with Crippen LogP contribution in [0, 0.1) is 5.92 Å². The van der Waals surface area contributed by atoms with E-state index in [1.165, 1.54) is 38.5 Å². The van der Waals surface area contributed by atoms with E-state index in [-0.39, 0.29) is 30.7 Å². The number of rotatable bonds is 6. The number of hydrogen-bond donors (Lipinski definition) is 2. The second-order valence-electron chi connectivity index (χ2n) is 8.07. The largest absolute Gasteiger partial charge is 0.355 e. The molecule has 3 saturated heterocycles. The summed E-state index contributed by atoms with van der Waals surface area (Å²) in [6.07, 6.45) is 8.25. The van der Waals surface area contributed by atoms with Gasteiger partial charge in [0, 0.05) is 37.6 Å². The van der Waals surface area contributed by atoms with E-state index in [1.807, 2.05) is 0 Å². The van der Waals surface area contributed by atoms with E-state index in [0.717, 1.165) is 38.6 Å². The molecule has 2 unspecified atom stereocenters. The molecule has 2 atom stereocenters. The molecule has 0 aliphatic carbocycles. The molecule has 0 spiro atoms. The van der Waals surface area contributed by atoms with Crippen LogP contribution in [-0.2, 0) is 4.79 Å². The van der Waals surface area contributed by atoms with E-state index in [2.05, 4.69) is 34.5 Å². The van der Waals surface area contributed by atoms with Gasteiger partial charge in [0.25, 0.3) is 0 Å². The Bertz CT molecular complexity index is 391. The topological polar surface area (TPSA) is 47.6 Å². The van der Waals surface area contributed by atoms with Crippen molar-refractivity contribution < 1.29 is 4.79 Å². The van der Waals surface area contributed by atoms with Gasteiger partial charge in [0.05, 0.1) is 0 Å². The zero-order valence-corrected chi connectivity index (χ0v) is 17.3. The SMILES string of the molecule is CN(C)C1CCN(CCNC(=O)CC2CC3CCC(C2)N3)CC1.Cl.Cl. The van der Waals surface area contributed by atoms with Crippen LogP contribution >= 0.6 is 24.8 Å². The van der Waals surface area contributed by atoms with Gasteiger partial charge < -0.3 is 20.4 Å². The maximum atomic E-state index is 12.2. The molecule has 3 rings (SSSR count). The number of amides is 1. The number of nitrogens with one attached hydrogen (secondary N) is 2. The smallest absolute Gasteiger partial charge is 0.220 e. The van der Waals surface area contributed by atoms with E-state index >= 15 is 0 Å². The van der Waals surface area contributed by atoms with Crippen molar-refractivity contribution in [3.63, 3.8) is 0 Å². The summed E-state index contributed by atoms with van der Waals surface area (Å²) >= 11 is 0. The fraction of sp³-hybridized carbons (Fsp3) is 0.944. The predicted octanol–water partition coefficient (Wildman–Crippen LogP) is 1.89. The maximum absolute atomic E-state index is 12.2. The fourth-order valence-corrected chi connectivity index (χ4v) is 4.69. The zero-order chi connectivity index (χ0) is 16.2. The minimum absolute atomic E-state index is 0. The quantitative estimate of drug-likeness (QED) is 0.721. The Labute approximate surface area is 165 Å². The fourth-order valence-electron chi connectivity index (χ4n) is 4.69. The molecule has 148 valence electrons. The summed E-state index contributed by atoms with van der Waals surface area (Å²) in [7, 11) is 4.35. The minimum atomic E-state index is 0. The highest BCUT2D eigenvalue weighted by Crippen LogP contribution is 2.32. The molecular formula is C18H36Cl2N4O. The highest BCUT2D eigenvalue weighted by Gasteiger charge is 2.34. The molecular weight excluding hydrogens is 359 g/mol. The number of nitrogens with zero attached hydrogens (tertiary/aromatic N) is 2. The van der Waals surface area contributed by atoms with Crippen LogP contribution in [0.3, 0.4) is 0 Å². The van der Waals surface area contributed by atoms with Gasteiger partial charge in [0.15, 0.2) is 0 Å². The van der Waals surface area contributed by atoms with Crippen molar-refractivity contribution in [2.75, 3.05) is 40.3 Å². The molecule has 0 aromatic carbocycles. The van der Waals surface area contributed by atoms with Gasteiger partial charge >= 0.3 is 0 Å². The first kappa shape index (κ1) is 23.0. The van der Waals surface area contributed by atoms with Crippen molar-refractivity contribution in [1.29, 1.82) is 0 Å². The Morgan fingerprint density at radius 3 is 2.24 bits per heavy atom. The number of halogens is 2. The summed E-state index contributed by atoms with van der Waals surface area (Å²) < 4.78 is 0. The second-order valence-corrected chi connectivity index (χ2v) is 8.07. The van der Waals surface area contributed by atoms with Crippen LogP contribution in [0.1, 0.15) is 44.9 Å². The monoisotopic (exact) mass is 394 g/mol. The third-order valence-corrected chi connectivity index (χ3v) is 6.08. The van der Waals surface area contributed by atoms with E-state index in [1.54, 1.807) is 0 Å². The summed E-state index contributed by atoms with van der Waals surface area (Å²) in [5.74, 6) is 0.865. The first-order valence-electron chi connectivity index (χ1n) is 9.51. The molecule has 5 nitrogen and oxygen atoms in total. The number of likely N-dealkylation sites (tertiary alicyclic amines) is 1. The highest BCUT2D eigenvalue weighted by atomic mass is 35.5. The van der Waals surface area contributed by atoms with Crippen molar-refractivity contribution >= 4 is 30.7 Å². The van der Waals surface area contributed by atoms with Crippen molar-refractivity contribution in [3.05, 3.63) is 0 Å². The molecule has 3 aliphatic heterocycles. The molecule has 3 fully saturated rings. The summed E-state index contributed by atoms with van der Waals surface area (Å²) in [6.45, 7) is 4.14. The van der Waals surface area contributed by atoms with Gasteiger partial charge in [-0.25, -0.2) is 0 Å². The highest BCUT2D eigenvalue weighted by molar-refractivity contribution is 5.85. The lowest BCUT2D eigenvalue weighted by Gasteiger charge is -2.35. The van der Waals surface area contributed by atoms with E-state index in [0.29, 0.717) is 18.0 Å². The molecule has 0 saturated carbocycles. The standard InChI is InChI=1S/C18H34N4O.2ClH/c1-21(2)17-5-8-22(9-6-17)10-7-19-18(23)13-14-11-15-3-4-16(12-14)20-15;;/h14-17,20H,3-13H2,1-2H3,(H,19,23);2*1H. The summed E-state index contributed by atoms with van der Waals surface area (Å²) in [6, 6.07) is 2.10. The average Bonchev–Trinajstić information content (AvgIpc) is 2.86. The number of carbonyl (C=O) groups excluding carboxylic acids is 1. The number of fused-ring (bicyclic) bond motifs is 2. The van der Waals surface area contributed by atoms with Gasteiger partial charge in [0.2, 0.25) is 5.91 Å². The average molecular weight is 395 g/mol. The lowest BCUT2D eigenvalue weighted by Crippen LogP contribution is -2.44. The molecule has 3 aliphatic rings. The molecule has 2 N–H and O–H groups in total. The number of piperidine rings is 2. The Hall–Kier alpha value is -0.0700. The Morgan fingerprint density at radius 2 is 1.68 bits per heavy atom. The van der Waals surface area contributed by atoms with Gasteiger partial charge in [-0.3, -0.25) is 4.79 Å². The van der Waals surface area contributed by atoms with Gasteiger partial charge in [0.1, 0.15) is 0 Å². The normalized spacial score (nSPS) is 29.8. The third kappa shape index (κ3) is 6.87. The van der Waals surface area contributed by atoms with Crippen LogP contribution < -0.4 is 10.6 Å². The van der Waals surface area contributed by atoms with Gasteiger partial charge in [-0.1, -0.05) is 0 Å². The van der Waals surface area contributed by atoms with E-state index in [4.69, 9.17) is 0 Å². The first-order chi connectivity index (χ1) is 11.1. The summed E-state index contributed by atoms with van der Waals surface area (Å²) in [5.41, 5.74) is 0. The summed E-state index contributed by atoms with van der Waals surface area (Å²) in [5, 5.41) is 6.80. The van der Waals surface area contributed by atoms with Crippen molar-refractivity contribution in [1.82, 2.24) is 20.4 Å². The molecule has 3 heterocycles. The molecule has 0 radical (unpaired) electrons. The molecule has 0 aromatic rings. The van der Waals surface area contributed by atoms with Crippen LogP contribution in [0.4, 0.5) is 0 Å². The van der Waals surface area contributed by atoms with Gasteiger partial charge in [-0.2, -0.15) is 0 Å². The maximum Gasteiger partial charge on any atom is 0.220 e. The van der Waals surface area contributed by atoms with Crippen LogP contribution in [0.15, 0.2) is 0 Å². The van der Waals surface area contributed by atoms with Crippen molar-refractivity contribution in [3.8, 4) is 0 Å². The third-order valence-electron chi connectivity index (χ3n) is 6.08. The van der Waals surface area contributed by atoms with Crippen LogP contribution in [0.5, 0.6) is 0 Å². The second kappa shape index (κ2) is 10.9. The first-order valence-corrected chi connectivity index (χ1v) is 9.51. The molecule has 1 amide bonds. The van der Waals surface area contributed by atoms with E-state index in [9.17, 15) is 4.79 Å². The van der Waals surface area contributed by atoms with Crippen LogP contribution in [0.25, 0.3) is 0 Å². The molecule has 25 heavy (non-hydrogen) atoms. The number of carbonyl (C=O) groups is 1. The van der Waals surface area contributed by atoms with Crippen LogP contribution in [-0.4, -0.2) is 74.1 Å². The van der Waals surface area contributed by atoms with Gasteiger partial charge in [-0.15, -0.1) is 24.8 Å². The Balaban J connectivity index is 0.00000156. The lowest BCUT2D eigenvalue weighted by molar-refractivity contribution is -0.122. The predicted molar refractivity (Wildman–Crippen MR) is 108 cm³/mol. The molecule has 0 aromatic heterocycles. The summed E-state index contributed by atoms with van der Waals surface area (Å²) in [4.78, 5) is 17.0. The van der Waals surface area contributed by atoms with Crippen molar-refractivity contribution in [2.45, 2.75) is 63.1 Å². The lowest BCUT2D eigenvalue weighted by atomic mass is 9.89. The van der Waals surface area contributed by atoms with Gasteiger partial charge in [-0.05, 0) is 71.6 Å². The molecule has 2 bridgehead atoms. The Kier molecular flexibility index (Phi) is 10.0. The zero-order valence-electron chi connectivity index (χ0n) is 15.7. The minimum Gasteiger partial charge on any atom is -0.355 e. The van der Waals surface area contributed by atoms with Crippen molar-refractivity contribution in [2.24, 2.45) is 5.92 Å². The molecule has 7 heteroatoms. The van der Waals surface area contributed by atoms with Crippen LogP contribution in [0.2, 0.25) is 0 Å². The number of hydrogen-bond acceptors (Lipinski definition) is 4. The Morgan fingerprint density at radius 1 is 1.08 bits per heavy atom.